The molecule has 1 N–H and O–H groups in total. The van der Waals surface area contributed by atoms with E-state index in [1.54, 1.807) is 35.5 Å². The molecule has 17 heavy (non-hydrogen) atoms. The fraction of sp³-hybridized carbons (Fsp3) is 0.154. The van der Waals surface area contributed by atoms with Crippen molar-refractivity contribution in [2.45, 2.75) is 10.6 Å². The minimum atomic E-state index is -0.0843. The quantitative estimate of drug-likeness (QED) is 0.681. The average Bonchev–Trinajstić information content (AvgIpc) is 2.83. The summed E-state index contributed by atoms with van der Waals surface area (Å²) < 4.78 is 0. The summed E-state index contributed by atoms with van der Waals surface area (Å²) in [5.74, 6) is 6.50. The Morgan fingerprint density at radius 2 is 2.06 bits per heavy atom. The molecule has 0 radical (unpaired) electrons. The maximum Gasteiger partial charge on any atom is 0.104 e. The summed E-state index contributed by atoms with van der Waals surface area (Å²) in [6, 6.07) is 8.09. The third-order valence-electron chi connectivity index (χ3n) is 1.98. The van der Waals surface area contributed by atoms with E-state index in [1.807, 2.05) is 18.2 Å². The minimum absolute atomic E-state index is 0.0843. The van der Waals surface area contributed by atoms with Gasteiger partial charge in [-0.2, -0.15) is 0 Å². The first-order valence-electron chi connectivity index (χ1n) is 5.10. The highest BCUT2D eigenvalue weighted by Gasteiger charge is 1.99. The first-order valence-corrected chi connectivity index (χ1v) is 6.90. The third-order valence-corrected chi connectivity index (χ3v) is 4.23. The Morgan fingerprint density at radius 3 is 2.82 bits per heavy atom. The van der Waals surface area contributed by atoms with Gasteiger partial charge in [0.05, 0.1) is 4.88 Å². The molecule has 0 saturated heterocycles. The van der Waals surface area contributed by atoms with Gasteiger partial charge in [0, 0.05) is 27.9 Å². The molecule has 0 aliphatic carbocycles. The Morgan fingerprint density at radius 1 is 1.24 bits per heavy atom. The van der Waals surface area contributed by atoms with Crippen LogP contribution in [0.4, 0.5) is 0 Å². The van der Waals surface area contributed by atoms with E-state index in [1.165, 1.54) is 9.77 Å². The van der Waals surface area contributed by atoms with Gasteiger partial charge in [0.25, 0.3) is 0 Å². The number of thioether (sulfide) groups is 1. The van der Waals surface area contributed by atoms with Gasteiger partial charge in [0.1, 0.15) is 6.61 Å². The van der Waals surface area contributed by atoms with Crippen LogP contribution in [-0.2, 0) is 5.75 Å². The van der Waals surface area contributed by atoms with Crippen LogP contribution in [0.2, 0.25) is 0 Å². The van der Waals surface area contributed by atoms with E-state index in [2.05, 4.69) is 22.9 Å². The number of nitrogens with zero attached hydrogens (tertiary/aromatic N) is 1. The molecule has 0 aliphatic heterocycles. The lowest BCUT2D eigenvalue weighted by atomic mass is 10.4. The fourth-order valence-electron chi connectivity index (χ4n) is 1.24. The maximum atomic E-state index is 8.61. The summed E-state index contributed by atoms with van der Waals surface area (Å²) in [4.78, 5) is 7.49. The number of aromatic nitrogens is 1. The molecule has 4 heteroatoms. The molecule has 2 nitrogen and oxygen atoms in total. The molecule has 0 bridgehead atoms. The lowest BCUT2D eigenvalue weighted by Crippen LogP contribution is -1.75. The monoisotopic (exact) mass is 261 g/mol. The highest BCUT2D eigenvalue weighted by atomic mass is 32.2. The predicted molar refractivity (Wildman–Crippen MR) is 72.1 cm³/mol. The lowest BCUT2D eigenvalue weighted by Gasteiger charge is -1.97. The Kier molecular flexibility index (Phi) is 4.63. The van der Waals surface area contributed by atoms with Crippen molar-refractivity contribution in [2.24, 2.45) is 0 Å². The van der Waals surface area contributed by atoms with E-state index in [0.717, 1.165) is 10.6 Å². The van der Waals surface area contributed by atoms with E-state index in [0.29, 0.717) is 0 Å². The van der Waals surface area contributed by atoms with Crippen molar-refractivity contribution in [2.75, 3.05) is 6.61 Å². The van der Waals surface area contributed by atoms with Gasteiger partial charge in [-0.3, -0.25) is 4.98 Å². The van der Waals surface area contributed by atoms with Gasteiger partial charge in [-0.25, -0.2) is 0 Å². The van der Waals surface area contributed by atoms with Gasteiger partial charge >= 0.3 is 0 Å². The minimum Gasteiger partial charge on any atom is -0.384 e. The Bertz CT molecular complexity index is 525. The summed E-state index contributed by atoms with van der Waals surface area (Å²) in [5, 5.41) is 8.61. The summed E-state index contributed by atoms with van der Waals surface area (Å²) >= 11 is 3.45. The van der Waals surface area contributed by atoms with Crippen molar-refractivity contribution in [3.05, 3.63) is 46.4 Å². The Labute approximate surface area is 109 Å². The van der Waals surface area contributed by atoms with Crippen molar-refractivity contribution in [1.82, 2.24) is 4.98 Å². The Hall–Kier alpha value is -1.28. The van der Waals surface area contributed by atoms with Crippen LogP contribution in [-0.4, -0.2) is 16.7 Å². The molecule has 2 aromatic heterocycles. The molecule has 0 spiro atoms. The van der Waals surface area contributed by atoms with Crippen LogP contribution < -0.4 is 0 Å². The van der Waals surface area contributed by atoms with Crippen LogP contribution in [0.5, 0.6) is 0 Å². The molecule has 0 fully saturated rings. The molecule has 0 aromatic carbocycles. The molecular formula is C13H11NOS2. The molecule has 2 rings (SSSR count). The molecule has 0 aliphatic rings. The zero-order chi connectivity index (χ0) is 11.9. The smallest absolute Gasteiger partial charge is 0.104 e. The summed E-state index contributed by atoms with van der Waals surface area (Å²) in [6.45, 7) is -0.0843. The highest BCUT2D eigenvalue weighted by molar-refractivity contribution is 7.98. The zero-order valence-corrected chi connectivity index (χ0v) is 10.7. The summed E-state index contributed by atoms with van der Waals surface area (Å²) in [7, 11) is 0. The second-order valence-electron chi connectivity index (χ2n) is 3.20. The van der Waals surface area contributed by atoms with Gasteiger partial charge in [-0.15, -0.1) is 23.1 Å². The van der Waals surface area contributed by atoms with Crippen molar-refractivity contribution in [1.29, 1.82) is 0 Å². The lowest BCUT2D eigenvalue weighted by molar-refractivity contribution is 0.350. The van der Waals surface area contributed by atoms with Crippen LogP contribution in [0.15, 0.2) is 41.6 Å². The second-order valence-corrected chi connectivity index (χ2v) is 5.41. The van der Waals surface area contributed by atoms with Crippen molar-refractivity contribution < 1.29 is 5.11 Å². The molecule has 0 amide bonds. The van der Waals surface area contributed by atoms with Gasteiger partial charge in [0.15, 0.2) is 0 Å². The molecule has 2 aromatic rings. The van der Waals surface area contributed by atoms with Crippen molar-refractivity contribution in [3.63, 3.8) is 0 Å². The summed E-state index contributed by atoms with van der Waals surface area (Å²) in [5.41, 5.74) is 0. The van der Waals surface area contributed by atoms with Crippen LogP contribution >= 0.6 is 23.1 Å². The number of hydrogen-bond acceptors (Lipinski definition) is 4. The predicted octanol–water partition coefficient (Wildman–Crippen LogP) is 2.78. The van der Waals surface area contributed by atoms with E-state index in [4.69, 9.17) is 5.11 Å². The van der Waals surface area contributed by atoms with Gasteiger partial charge in [-0.05, 0) is 24.3 Å². The molecule has 0 unspecified atom stereocenters. The standard InChI is InChI=1S/C13H11NOS2/c15-9-1-2-12-3-4-13(17-12)10-16-11-5-7-14-8-6-11/h3-8,15H,9-10H2. The molecule has 0 saturated carbocycles. The van der Waals surface area contributed by atoms with E-state index >= 15 is 0 Å². The zero-order valence-electron chi connectivity index (χ0n) is 9.09. The number of aliphatic hydroxyl groups excluding tert-OH is 1. The SMILES string of the molecule is OCC#Cc1ccc(CSc2ccncc2)s1. The largest absolute Gasteiger partial charge is 0.384 e. The van der Waals surface area contributed by atoms with Gasteiger partial charge < -0.3 is 5.11 Å². The summed E-state index contributed by atoms with van der Waals surface area (Å²) in [6.07, 6.45) is 3.60. The highest BCUT2D eigenvalue weighted by Crippen LogP contribution is 2.26. The number of pyridine rings is 1. The van der Waals surface area contributed by atoms with Gasteiger partial charge in [-0.1, -0.05) is 11.8 Å². The van der Waals surface area contributed by atoms with Gasteiger partial charge in [0.2, 0.25) is 0 Å². The van der Waals surface area contributed by atoms with Crippen molar-refractivity contribution in [3.8, 4) is 11.8 Å². The third kappa shape index (κ3) is 3.90. The topological polar surface area (TPSA) is 33.1 Å². The molecule has 86 valence electrons. The number of rotatable bonds is 3. The van der Waals surface area contributed by atoms with E-state index in [-0.39, 0.29) is 6.61 Å². The molecule has 0 atom stereocenters. The maximum absolute atomic E-state index is 8.61. The number of aliphatic hydroxyl groups is 1. The number of hydrogen-bond donors (Lipinski definition) is 1. The van der Waals surface area contributed by atoms with Crippen LogP contribution in [0.3, 0.4) is 0 Å². The average molecular weight is 261 g/mol. The molecular weight excluding hydrogens is 250 g/mol. The first kappa shape index (κ1) is 12.2. The first-order chi connectivity index (χ1) is 8.38. The van der Waals surface area contributed by atoms with Crippen LogP contribution in [0, 0.1) is 11.8 Å². The molecule has 2 heterocycles. The van der Waals surface area contributed by atoms with Crippen molar-refractivity contribution >= 4 is 23.1 Å². The van der Waals surface area contributed by atoms with E-state index < -0.39 is 0 Å². The normalized spacial score (nSPS) is 9.71. The van der Waals surface area contributed by atoms with E-state index in [9.17, 15) is 0 Å². The number of thiophene rings is 1. The van der Waals surface area contributed by atoms with Crippen LogP contribution in [0.1, 0.15) is 9.75 Å². The Balaban J connectivity index is 1.94. The fourth-order valence-corrected chi connectivity index (χ4v) is 3.05. The second kappa shape index (κ2) is 6.45. The van der Waals surface area contributed by atoms with Crippen LogP contribution in [0.25, 0.3) is 0 Å².